The summed E-state index contributed by atoms with van der Waals surface area (Å²) in [6, 6.07) is 0.990. The fourth-order valence-electron chi connectivity index (χ4n) is 4.69. The van der Waals surface area contributed by atoms with Crippen LogP contribution in [0.25, 0.3) is 16.7 Å². The molecule has 5 rings (SSSR count). The van der Waals surface area contributed by atoms with E-state index in [0.29, 0.717) is 21.8 Å². The smallest absolute Gasteiger partial charge is 0.410 e. The molecule has 12 heteroatoms. The quantitative estimate of drug-likeness (QED) is 0.421. The zero-order valence-electron chi connectivity index (χ0n) is 20.5. The highest BCUT2D eigenvalue weighted by molar-refractivity contribution is 5.93. The molecule has 0 N–H and O–H groups in total. The monoisotopic (exact) mass is 523 g/mol. The molecule has 3 heterocycles. The number of piperazine rings is 1. The van der Waals surface area contributed by atoms with Crippen molar-refractivity contribution in [2.45, 2.75) is 57.3 Å². The van der Waals surface area contributed by atoms with E-state index in [9.17, 15) is 26.7 Å². The molecular weight excluding hydrogens is 497 g/mol. The summed E-state index contributed by atoms with van der Waals surface area (Å²) in [4.78, 5) is 23.5. The van der Waals surface area contributed by atoms with Crippen molar-refractivity contribution < 1.29 is 31.5 Å². The number of fused-ring (bicyclic) bond motifs is 1. The molecular formula is C25H26F5N5O2. The van der Waals surface area contributed by atoms with Crippen molar-refractivity contribution in [3.05, 3.63) is 47.9 Å². The van der Waals surface area contributed by atoms with Crippen molar-refractivity contribution in [2.24, 2.45) is 0 Å². The van der Waals surface area contributed by atoms with Gasteiger partial charge in [0.1, 0.15) is 41.1 Å². The fourth-order valence-corrected chi connectivity index (χ4v) is 4.69. The van der Waals surface area contributed by atoms with Crippen molar-refractivity contribution in [3.63, 3.8) is 0 Å². The van der Waals surface area contributed by atoms with Crippen LogP contribution in [0.1, 0.15) is 45.1 Å². The summed E-state index contributed by atoms with van der Waals surface area (Å²) in [5.74, 6) is -1.08. The highest BCUT2D eigenvalue weighted by atomic mass is 19.4. The van der Waals surface area contributed by atoms with Gasteiger partial charge >= 0.3 is 12.3 Å². The Bertz CT molecular complexity index is 1330. The Morgan fingerprint density at radius 2 is 1.70 bits per heavy atom. The van der Waals surface area contributed by atoms with Gasteiger partial charge in [0, 0.05) is 31.9 Å². The number of amides is 1. The Kier molecular flexibility index (Phi) is 6.03. The molecule has 1 amide bonds. The number of ether oxygens (including phenoxy) is 1. The van der Waals surface area contributed by atoms with Crippen molar-refractivity contribution >= 4 is 22.9 Å². The van der Waals surface area contributed by atoms with Gasteiger partial charge in [-0.05, 0) is 57.2 Å². The lowest BCUT2D eigenvalue weighted by atomic mass is 10.1. The van der Waals surface area contributed by atoms with E-state index in [2.05, 4.69) is 9.97 Å². The lowest BCUT2D eigenvalue weighted by Crippen LogP contribution is -2.61. The van der Waals surface area contributed by atoms with Crippen LogP contribution >= 0.6 is 0 Å². The standard InChI is InChI=1S/C25H26F5N5O2/c1-24(2,3)37-23(36)34-7-6-33(12-19(34)25(28,29)30)21-20-18(14-4-5-14)11-35(22(20)32-13-31-21)17-9-15(26)8-16(27)10-17/h8-11,13-14,19H,4-7,12H2,1-3H3/t19-/m0/s1. The molecule has 37 heavy (non-hydrogen) atoms. The van der Waals surface area contributed by atoms with Crippen LogP contribution in [0.3, 0.4) is 0 Å². The van der Waals surface area contributed by atoms with Gasteiger partial charge in [0.25, 0.3) is 0 Å². The van der Waals surface area contributed by atoms with Gasteiger partial charge < -0.3 is 14.2 Å². The van der Waals surface area contributed by atoms with E-state index in [1.807, 2.05) is 0 Å². The molecule has 1 aliphatic carbocycles. The van der Waals surface area contributed by atoms with Gasteiger partial charge in [-0.2, -0.15) is 13.2 Å². The number of carbonyl (C=O) groups is 1. The highest BCUT2D eigenvalue weighted by Gasteiger charge is 2.50. The third-order valence-electron chi connectivity index (χ3n) is 6.42. The average molecular weight is 524 g/mol. The molecule has 0 radical (unpaired) electrons. The predicted octanol–water partition coefficient (Wildman–Crippen LogP) is 5.56. The van der Waals surface area contributed by atoms with E-state index in [4.69, 9.17) is 4.74 Å². The van der Waals surface area contributed by atoms with Crippen molar-refractivity contribution in [3.8, 4) is 5.69 Å². The second kappa shape index (κ2) is 8.84. The summed E-state index contributed by atoms with van der Waals surface area (Å²) >= 11 is 0. The molecule has 0 bridgehead atoms. The highest BCUT2D eigenvalue weighted by Crippen LogP contribution is 2.46. The summed E-state index contributed by atoms with van der Waals surface area (Å²) in [6.07, 6.45) is -1.02. The minimum Gasteiger partial charge on any atom is -0.444 e. The molecule has 7 nitrogen and oxygen atoms in total. The van der Waals surface area contributed by atoms with Gasteiger partial charge in [-0.15, -0.1) is 0 Å². The first-order valence-electron chi connectivity index (χ1n) is 12.0. The number of hydrogen-bond acceptors (Lipinski definition) is 5. The number of aromatic nitrogens is 3. The number of hydrogen-bond donors (Lipinski definition) is 0. The molecule has 1 aromatic carbocycles. The van der Waals surface area contributed by atoms with Crippen LogP contribution in [0.2, 0.25) is 0 Å². The number of benzene rings is 1. The first-order chi connectivity index (χ1) is 17.3. The normalized spacial score (nSPS) is 19.0. The minimum atomic E-state index is -4.70. The van der Waals surface area contributed by atoms with E-state index in [1.54, 1.807) is 31.5 Å². The number of carbonyl (C=O) groups excluding carboxylic acids is 1. The molecule has 1 saturated carbocycles. The maximum Gasteiger partial charge on any atom is 0.410 e. The lowest BCUT2D eigenvalue weighted by Gasteiger charge is -2.42. The van der Waals surface area contributed by atoms with Crippen LogP contribution in [0.4, 0.5) is 32.6 Å². The second-order valence-electron chi connectivity index (χ2n) is 10.4. The summed E-state index contributed by atoms with van der Waals surface area (Å²) in [5, 5.41) is 0.543. The van der Waals surface area contributed by atoms with Crippen LogP contribution in [-0.2, 0) is 4.74 Å². The number of halogens is 5. The van der Waals surface area contributed by atoms with Crippen LogP contribution in [-0.4, -0.2) is 63.0 Å². The van der Waals surface area contributed by atoms with Crippen molar-refractivity contribution in [1.29, 1.82) is 0 Å². The average Bonchev–Trinajstić information content (AvgIpc) is 3.56. The largest absolute Gasteiger partial charge is 0.444 e. The van der Waals surface area contributed by atoms with Crippen LogP contribution in [0.15, 0.2) is 30.7 Å². The van der Waals surface area contributed by atoms with Gasteiger partial charge in [0.15, 0.2) is 0 Å². The molecule has 0 unspecified atom stereocenters. The number of rotatable bonds is 3. The Balaban J connectivity index is 1.56. The molecule has 2 aliphatic rings. The van der Waals surface area contributed by atoms with Gasteiger partial charge in [-0.25, -0.2) is 23.5 Å². The summed E-state index contributed by atoms with van der Waals surface area (Å²) < 4.78 is 77.1. The fraction of sp³-hybridized carbons (Fsp3) is 0.480. The molecule has 1 saturated heterocycles. The third-order valence-corrected chi connectivity index (χ3v) is 6.42. The second-order valence-corrected chi connectivity index (χ2v) is 10.4. The topological polar surface area (TPSA) is 63.5 Å². The SMILES string of the molecule is CC(C)(C)OC(=O)N1CCN(c2ncnc3c2c(C2CC2)cn3-c2cc(F)cc(F)c2)C[C@H]1C(F)(F)F. The van der Waals surface area contributed by atoms with E-state index in [-0.39, 0.29) is 24.7 Å². The Morgan fingerprint density at radius 1 is 1.03 bits per heavy atom. The Morgan fingerprint density at radius 3 is 2.30 bits per heavy atom. The molecule has 198 valence electrons. The summed E-state index contributed by atoms with van der Waals surface area (Å²) in [5.41, 5.74) is 0.423. The maximum absolute atomic E-state index is 14.1. The van der Waals surface area contributed by atoms with Gasteiger partial charge in [-0.3, -0.25) is 4.90 Å². The molecule has 2 fully saturated rings. The van der Waals surface area contributed by atoms with E-state index < -0.39 is 42.1 Å². The first-order valence-corrected chi connectivity index (χ1v) is 12.0. The number of alkyl halides is 3. The molecule has 0 spiro atoms. The Hall–Kier alpha value is -3.44. The molecule has 3 aromatic rings. The Labute approximate surface area is 209 Å². The van der Waals surface area contributed by atoms with E-state index >= 15 is 0 Å². The van der Waals surface area contributed by atoms with Crippen molar-refractivity contribution in [1.82, 2.24) is 19.4 Å². The first kappa shape index (κ1) is 25.2. The summed E-state index contributed by atoms with van der Waals surface area (Å²) in [6.45, 7) is 4.10. The zero-order chi connectivity index (χ0) is 26.7. The maximum atomic E-state index is 14.1. The number of anilines is 1. The third kappa shape index (κ3) is 5.05. The predicted molar refractivity (Wildman–Crippen MR) is 126 cm³/mol. The molecule has 1 atom stereocenters. The van der Waals surface area contributed by atoms with E-state index in [0.717, 1.165) is 24.5 Å². The van der Waals surface area contributed by atoms with Crippen LogP contribution < -0.4 is 4.90 Å². The van der Waals surface area contributed by atoms with Crippen LogP contribution in [0, 0.1) is 11.6 Å². The molecule has 1 aliphatic heterocycles. The van der Waals surface area contributed by atoms with Gasteiger partial charge in [-0.1, -0.05) is 0 Å². The van der Waals surface area contributed by atoms with E-state index in [1.165, 1.54) is 23.4 Å². The van der Waals surface area contributed by atoms with Gasteiger partial charge in [0.2, 0.25) is 0 Å². The van der Waals surface area contributed by atoms with Crippen LogP contribution in [0.5, 0.6) is 0 Å². The minimum absolute atomic E-state index is 0.0851. The van der Waals surface area contributed by atoms with Crippen molar-refractivity contribution in [2.75, 3.05) is 24.5 Å². The zero-order valence-corrected chi connectivity index (χ0v) is 20.5. The summed E-state index contributed by atoms with van der Waals surface area (Å²) in [7, 11) is 0. The molecule has 2 aromatic heterocycles. The number of nitrogens with zero attached hydrogens (tertiary/aromatic N) is 5. The lowest BCUT2D eigenvalue weighted by molar-refractivity contribution is -0.181. The van der Waals surface area contributed by atoms with Gasteiger partial charge in [0.05, 0.1) is 11.1 Å².